The molecule has 0 saturated carbocycles. The van der Waals surface area contributed by atoms with Crippen molar-refractivity contribution in [2.24, 2.45) is 5.73 Å². The maximum Gasteiger partial charge on any atom is 0.312 e. The SMILES string of the molecule is Cc1cc(CNC(N)=O)cc(C)c1F. The summed E-state index contributed by atoms with van der Waals surface area (Å²) >= 11 is 0. The zero-order valence-electron chi connectivity index (χ0n) is 8.23. The van der Waals surface area contributed by atoms with Crippen molar-refractivity contribution in [2.75, 3.05) is 0 Å². The first-order valence-electron chi connectivity index (χ1n) is 4.29. The summed E-state index contributed by atoms with van der Waals surface area (Å²) in [6.45, 7) is 3.71. The van der Waals surface area contributed by atoms with Crippen LogP contribution in [-0.4, -0.2) is 6.03 Å². The normalized spacial score (nSPS) is 9.93. The van der Waals surface area contributed by atoms with Crippen LogP contribution >= 0.6 is 0 Å². The van der Waals surface area contributed by atoms with E-state index in [4.69, 9.17) is 5.73 Å². The summed E-state index contributed by atoms with van der Waals surface area (Å²) in [4.78, 5) is 10.4. The summed E-state index contributed by atoms with van der Waals surface area (Å²) in [5, 5.41) is 2.45. The van der Waals surface area contributed by atoms with Crippen LogP contribution in [0.3, 0.4) is 0 Å². The Morgan fingerprint density at radius 2 is 1.93 bits per heavy atom. The van der Waals surface area contributed by atoms with E-state index in [2.05, 4.69) is 5.32 Å². The maximum absolute atomic E-state index is 13.2. The van der Waals surface area contributed by atoms with Crippen LogP contribution in [-0.2, 0) is 6.54 Å². The number of nitrogens with two attached hydrogens (primary N) is 1. The van der Waals surface area contributed by atoms with E-state index < -0.39 is 6.03 Å². The molecule has 2 amide bonds. The monoisotopic (exact) mass is 196 g/mol. The topological polar surface area (TPSA) is 55.1 Å². The quantitative estimate of drug-likeness (QED) is 0.741. The van der Waals surface area contributed by atoms with Crippen molar-refractivity contribution in [1.82, 2.24) is 5.32 Å². The fraction of sp³-hybridized carbons (Fsp3) is 0.300. The van der Waals surface area contributed by atoms with Crippen LogP contribution in [0.1, 0.15) is 16.7 Å². The molecule has 4 heteroatoms. The number of primary amides is 1. The second-order valence-corrected chi connectivity index (χ2v) is 3.26. The zero-order chi connectivity index (χ0) is 10.7. The summed E-state index contributed by atoms with van der Waals surface area (Å²) in [5.74, 6) is -0.201. The number of carbonyl (C=O) groups excluding carboxylic acids is 1. The number of benzene rings is 1. The van der Waals surface area contributed by atoms with Crippen LogP contribution < -0.4 is 11.1 Å². The van der Waals surface area contributed by atoms with Gasteiger partial charge in [0, 0.05) is 6.54 Å². The number of halogens is 1. The Balaban J connectivity index is 2.84. The smallest absolute Gasteiger partial charge is 0.312 e. The summed E-state index contributed by atoms with van der Waals surface area (Å²) < 4.78 is 13.2. The highest BCUT2D eigenvalue weighted by molar-refractivity contribution is 5.71. The minimum Gasteiger partial charge on any atom is -0.352 e. The average molecular weight is 196 g/mol. The van der Waals surface area contributed by atoms with Gasteiger partial charge in [-0.3, -0.25) is 0 Å². The van der Waals surface area contributed by atoms with Gasteiger partial charge in [0.05, 0.1) is 0 Å². The zero-order valence-corrected chi connectivity index (χ0v) is 8.23. The van der Waals surface area contributed by atoms with Gasteiger partial charge in [0.15, 0.2) is 0 Å². The molecule has 0 radical (unpaired) electrons. The van der Waals surface area contributed by atoms with Crippen molar-refractivity contribution in [3.05, 3.63) is 34.6 Å². The van der Waals surface area contributed by atoms with Crippen molar-refractivity contribution < 1.29 is 9.18 Å². The van der Waals surface area contributed by atoms with E-state index in [9.17, 15) is 9.18 Å². The van der Waals surface area contributed by atoms with Crippen molar-refractivity contribution >= 4 is 6.03 Å². The van der Waals surface area contributed by atoms with E-state index in [-0.39, 0.29) is 5.82 Å². The molecule has 0 aliphatic rings. The number of urea groups is 1. The van der Waals surface area contributed by atoms with Crippen LogP contribution in [0.2, 0.25) is 0 Å². The predicted molar refractivity (Wildman–Crippen MR) is 52.3 cm³/mol. The molecule has 3 nitrogen and oxygen atoms in total. The van der Waals surface area contributed by atoms with E-state index in [1.165, 1.54) is 0 Å². The molecule has 0 heterocycles. The second kappa shape index (κ2) is 4.09. The molecule has 0 spiro atoms. The van der Waals surface area contributed by atoms with Crippen molar-refractivity contribution in [3.63, 3.8) is 0 Å². The number of hydrogen-bond acceptors (Lipinski definition) is 1. The minimum atomic E-state index is -0.579. The summed E-state index contributed by atoms with van der Waals surface area (Å²) in [5.41, 5.74) is 6.92. The van der Waals surface area contributed by atoms with Gasteiger partial charge in [-0.05, 0) is 30.5 Å². The Hall–Kier alpha value is -1.58. The molecule has 0 bridgehead atoms. The molecule has 3 N–H and O–H groups in total. The lowest BCUT2D eigenvalue weighted by Gasteiger charge is -2.06. The van der Waals surface area contributed by atoms with E-state index in [1.54, 1.807) is 26.0 Å². The minimum absolute atomic E-state index is 0.201. The maximum atomic E-state index is 13.2. The van der Waals surface area contributed by atoms with Gasteiger partial charge in [0.25, 0.3) is 0 Å². The first-order valence-corrected chi connectivity index (χ1v) is 4.29. The highest BCUT2D eigenvalue weighted by Crippen LogP contribution is 2.14. The molecule has 1 rings (SSSR count). The molecular formula is C10H13FN2O. The van der Waals surface area contributed by atoms with Gasteiger partial charge in [-0.2, -0.15) is 0 Å². The number of carbonyl (C=O) groups is 1. The number of hydrogen-bond donors (Lipinski definition) is 2. The molecule has 0 aliphatic heterocycles. The van der Waals surface area contributed by atoms with Gasteiger partial charge in [-0.15, -0.1) is 0 Å². The Morgan fingerprint density at radius 1 is 1.43 bits per heavy atom. The molecule has 0 aliphatic carbocycles. The molecule has 1 aromatic carbocycles. The highest BCUT2D eigenvalue weighted by Gasteiger charge is 2.04. The summed E-state index contributed by atoms with van der Waals surface area (Å²) in [6.07, 6.45) is 0. The van der Waals surface area contributed by atoms with Gasteiger partial charge in [0.2, 0.25) is 0 Å². The lowest BCUT2D eigenvalue weighted by Crippen LogP contribution is -2.28. The van der Waals surface area contributed by atoms with Crippen LogP contribution in [0.25, 0.3) is 0 Å². The molecule has 0 aromatic heterocycles. The molecule has 0 fully saturated rings. The molecule has 0 saturated heterocycles. The third-order valence-corrected chi connectivity index (χ3v) is 1.96. The number of rotatable bonds is 2. The van der Waals surface area contributed by atoms with Gasteiger partial charge in [-0.1, -0.05) is 12.1 Å². The predicted octanol–water partition coefficient (Wildman–Crippen LogP) is 1.61. The van der Waals surface area contributed by atoms with Crippen molar-refractivity contribution in [3.8, 4) is 0 Å². The van der Waals surface area contributed by atoms with E-state index in [0.29, 0.717) is 17.7 Å². The third-order valence-electron chi connectivity index (χ3n) is 1.96. The fourth-order valence-electron chi connectivity index (χ4n) is 1.33. The highest BCUT2D eigenvalue weighted by atomic mass is 19.1. The van der Waals surface area contributed by atoms with Gasteiger partial charge in [0.1, 0.15) is 5.82 Å². The third kappa shape index (κ3) is 2.45. The molecular weight excluding hydrogens is 183 g/mol. The Bertz CT molecular complexity index is 340. The van der Waals surface area contributed by atoms with Crippen molar-refractivity contribution in [2.45, 2.75) is 20.4 Å². The lowest BCUT2D eigenvalue weighted by atomic mass is 10.1. The van der Waals surface area contributed by atoms with Crippen LogP contribution in [0.5, 0.6) is 0 Å². The number of amides is 2. The largest absolute Gasteiger partial charge is 0.352 e. The average Bonchev–Trinajstić information content (AvgIpc) is 2.10. The number of aryl methyl sites for hydroxylation is 2. The first-order chi connectivity index (χ1) is 6.50. The molecule has 0 unspecified atom stereocenters. The van der Waals surface area contributed by atoms with Crippen LogP contribution in [0.4, 0.5) is 9.18 Å². The van der Waals surface area contributed by atoms with Gasteiger partial charge < -0.3 is 11.1 Å². The van der Waals surface area contributed by atoms with Gasteiger partial charge >= 0.3 is 6.03 Å². The Morgan fingerprint density at radius 3 is 2.36 bits per heavy atom. The number of nitrogens with one attached hydrogen (secondary N) is 1. The van der Waals surface area contributed by atoms with E-state index >= 15 is 0 Å². The molecule has 1 aromatic rings. The lowest BCUT2D eigenvalue weighted by molar-refractivity contribution is 0.248. The Labute approximate surface area is 82.1 Å². The van der Waals surface area contributed by atoms with Crippen molar-refractivity contribution in [1.29, 1.82) is 0 Å². The second-order valence-electron chi connectivity index (χ2n) is 3.26. The molecule has 14 heavy (non-hydrogen) atoms. The molecule has 76 valence electrons. The van der Waals surface area contributed by atoms with Crippen LogP contribution in [0, 0.1) is 19.7 Å². The Kier molecular flexibility index (Phi) is 3.06. The van der Waals surface area contributed by atoms with Crippen LogP contribution in [0.15, 0.2) is 12.1 Å². The van der Waals surface area contributed by atoms with Gasteiger partial charge in [-0.25, -0.2) is 9.18 Å². The molecule has 0 atom stereocenters. The standard InChI is InChI=1S/C10H13FN2O/c1-6-3-8(5-13-10(12)14)4-7(2)9(6)11/h3-4H,5H2,1-2H3,(H3,12,13,14). The van der Waals surface area contributed by atoms with E-state index in [0.717, 1.165) is 5.56 Å². The first kappa shape index (κ1) is 10.5. The van der Waals surface area contributed by atoms with E-state index in [1.807, 2.05) is 0 Å². The fourth-order valence-corrected chi connectivity index (χ4v) is 1.33. The summed E-state index contributed by atoms with van der Waals surface area (Å²) in [7, 11) is 0. The summed E-state index contributed by atoms with van der Waals surface area (Å²) in [6, 6.07) is 2.81.